The van der Waals surface area contributed by atoms with E-state index in [4.69, 9.17) is 22.1 Å². The summed E-state index contributed by atoms with van der Waals surface area (Å²) in [6.45, 7) is 3.98. The van der Waals surface area contributed by atoms with E-state index in [0.717, 1.165) is 19.4 Å². The van der Waals surface area contributed by atoms with Crippen LogP contribution in [-0.2, 0) is 4.74 Å². The standard InChI is InChI=1S/C14H19ClN2O2/c1-2-17(9-10-5-4-8-19-10)14(18)11-6-3-7-12(16)13(11)15/h3,6-7,10H,2,4-5,8-9,16H2,1H3. The molecule has 0 bridgehead atoms. The first kappa shape index (κ1) is 14.2. The van der Waals surface area contributed by atoms with Crippen LogP contribution in [0.3, 0.4) is 0 Å². The number of hydrogen-bond donors (Lipinski definition) is 1. The monoisotopic (exact) mass is 282 g/mol. The van der Waals surface area contributed by atoms with Crippen LogP contribution in [0.5, 0.6) is 0 Å². The molecular weight excluding hydrogens is 264 g/mol. The summed E-state index contributed by atoms with van der Waals surface area (Å²) in [6.07, 6.45) is 2.22. The van der Waals surface area contributed by atoms with Gasteiger partial charge in [0.15, 0.2) is 0 Å². The highest BCUT2D eigenvalue weighted by atomic mass is 35.5. The van der Waals surface area contributed by atoms with Crippen LogP contribution < -0.4 is 5.73 Å². The van der Waals surface area contributed by atoms with Gasteiger partial charge < -0.3 is 15.4 Å². The maximum atomic E-state index is 12.5. The molecule has 19 heavy (non-hydrogen) atoms. The Morgan fingerprint density at radius 2 is 2.37 bits per heavy atom. The Morgan fingerprint density at radius 3 is 3.00 bits per heavy atom. The Bertz CT molecular complexity index is 459. The summed E-state index contributed by atoms with van der Waals surface area (Å²) < 4.78 is 5.57. The summed E-state index contributed by atoms with van der Waals surface area (Å²) in [6, 6.07) is 5.14. The first-order valence-corrected chi connectivity index (χ1v) is 6.96. The largest absolute Gasteiger partial charge is 0.398 e. The number of amides is 1. The first-order valence-electron chi connectivity index (χ1n) is 6.58. The maximum absolute atomic E-state index is 12.5. The van der Waals surface area contributed by atoms with Gasteiger partial charge in [0.1, 0.15) is 0 Å². The Kier molecular flexibility index (Phi) is 4.66. The summed E-state index contributed by atoms with van der Waals surface area (Å²) in [5.74, 6) is -0.0877. The lowest BCUT2D eigenvalue weighted by Gasteiger charge is -2.24. The molecule has 0 aromatic heterocycles. The number of halogens is 1. The zero-order valence-electron chi connectivity index (χ0n) is 11.1. The SMILES string of the molecule is CCN(CC1CCCO1)C(=O)c1cccc(N)c1Cl. The van der Waals surface area contributed by atoms with Crippen molar-refractivity contribution in [3.8, 4) is 0 Å². The molecule has 0 radical (unpaired) electrons. The van der Waals surface area contributed by atoms with Crippen LogP contribution in [0.25, 0.3) is 0 Å². The molecule has 104 valence electrons. The Morgan fingerprint density at radius 1 is 1.58 bits per heavy atom. The smallest absolute Gasteiger partial charge is 0.255 e. The molecule has 1 unspecified atom stereocenters. The van der Waals surface area contributed by atoms with E-state index in [0.29, 0.717) is 29.4 Å². The van der Waals surface area contributed by atoms with Gasteiger partial charge in [-0.2, -0.15) is 0 Å². The molecule has 1 aliphatic heterocycles. The third-order valence-corrected chi connectivity index (χ3v) is 3.80. The molecule has 4 nitrogen and oxygen atoms in total. The van der Waals surface area contributed by atoms with Crippen molar-refractivity contribution < 1.29 is 9.53 Å². The van der Waals surface area contributed by atoms with Crippen molar-refractivity contribution in [2.75, 3.05) is 25.4 Å². The number of nitrogens with two attached hydrogens (primary N) is 1. The normalized spacial score (nSPS) is 18.5. The van der Waals surface area contributed by atoms with Crippen molar-refractivity contribution >= 4 is 23.2 Å². The number of nitrogens with zero attached hydrogens (tertiary/aromatic N) is 1. The van der Waals surface area contributed by atoms with Crippen molar-refractivity contribution in [1.29, 1.82) is 0 Å². The van der Waals surface area contributed by atoms with E-state index < -0.39 is 0 Å². The van der Waals surface area contributed by atoms with Crippen molar-refractivity contribution in [3.63, 3.8) is 0 Å². The molecule has 2 N–H and O–H groups in total. The summed E-state index contributed by atoms with van der Waals surface area (Å²) in [5.41, 5.74) is 6.63. The Hall–Kier alpha value is -1.26. The molecule has 1 heterocycles. The van der Waals surface area contributed by atoms with Gasteiger partial charge in [0.25, 0.3) is 5.91 Å². The third kappa shape index (κ3) is 3.19. The van der Waals surface area contributed by atoms with E-state index in [1.165, 1.54) is 0 Å². The lowest BCUT2D eigenvalue weighted by molar-refractivity contribution is 0.0539. The molecule has 1 aliphatic rings. The number of anilines is 1. The minimum absolute atomic E-state index is 0.0877. The number of benzene rings is 1. The van der Waals surface area contributed by atoms with Gasteiger partial charge in [-0.25, -0.2) is 0 Å². The molecule has 2 rings (SSSR count). The fourth-order valence-electron chi connectivity index (χ4n) is 2.28. The summed E-state index contributed by atoms with van der Waals surface area (Å²) >= 11 is 6.10. The van der Waals surface area contributed by atoms with Gasteiger partial charge in [0.2, 0.25) is 0 Å². The summed E-state index contributed by atoms with van der Waals surface area (Å²) in [5, 5.41) is 0.332. The zero-order valence-corrected chi connectivity index (χ0v) is 11.8. The number of nitrogen functional groups attached to an aromatic ring is 1. The number of carbonyl (C=O) groups is 1. The first-order chi connectivity index (χ1) is 9.13. The van der Waals surface area contributed by atoms with Gasteiger partial charge in [-0.1, -0.05) is 17.7 Å². The molecule has 1 atom stereocenters. The highest BCUT2D eigenvalue weighted by molar-refractivity contribution is 6.36. The van der Waals surface area contributed by atoms with Crippen LogP contribution in [0.2, 0.25) is 5.02 Å². The second-order valence-electron chi connectivity index (χ2n) is 4.69. The van der Waals surface area contributed by atoms with Gasteiger partial charge in [0.05, 0.1) is 22.4 Å². The average Bonchev–Trinajstić information content (AvgIpc) is 2.91. The maximum Gasteiger partial charge on any atom is 0.255 e. The summed E-state index contributed by atoms with van der Waals surface area (Å²) in [7, 11) is 0. The number of likely N-dealkylation sites (N-methyl/N-ethyl adjacent to an activating group) is 1. The second-order valence-corrected chi connectivity index (χ2v) is 5.07. The van der Waals surface area contributed by atoms with Crippen LogP contribution in [0.15, 0.2) is 18.2 Å². The molecule has 1 saturated heterocycles. The molecular formula is C14H19ClN2O2. The molecule has 0 saturated carbocycles. The molecule has 1 aromatic carbocycles. The minimum atomic E-state index is -0.0877. The van der Waals surface area contributed by atoms with Crippen LogP contribution in [0, 0.1) is 0 Å². The van der Waals surface area contributed by atoms with E-state index in [2.05, 4.69) is 0 Å². The van der Waals surface area contributed by atoms with E-state index in [9.17, 15) is 4.79 Å². The van der Waals surface area contributed by atoms with E-state index >= 15 is 0 Å². The number of rotatable bonds is 4. The van der Waals surface area contributed by atoms with Crippen molar-refractivity contribution in [3.05, 3.63) is 28.8 Å². The van der Waals surface area contributed by atoms with Gasteiger partial charge in [0, 0.05) is 19.7 Å². The fourth-order valence-corrected chi connectivity index (χ4v) is 2.48. The van der Waals surface area contributed by atoms with E-state index in [-0.39, 0.29) is 12.0 Å². The molecule has 5 heteroatoms. The Labute approximate surface area is 118 Å². The van der Waals surface area contributed by atoms with Crippen molar-refractivity contribution in [2.24, 2.45) is 0 Å². The molecule has 1 fully saturated rings. The quantitative estimate of drug-likeness (QED) is 0.864. The number of hydrogen-bond acceptors (Lipinski definition) is 3. The van der Waals surface area contributed by atoms with Crippen LogP contribution >= 0.6 is 11.6 Å². The van der Waals surface area contributed by atoms with Crippen LogP contribution in [0.1, 0.15) is 30.1 Å². The lowest BCUT2D eigenvalue weighted by atomic mass is 10.1. The van der Waals surface area contributed by atoms with Gasteiger partial charge in [-0.05, 0) is 31.9 Å². The summed E-state index contributed by atoms with van der Waals surface area (Å²) in [4.78, 5) is 14.2. The number of ether oxygens (including phenoxy) is 1. The lowest BCUT2D eigenvalue weighted by Crippen LogP contribution is -2.37. The molecule has 1 amide bonds. The highest BCUT2D eigenvalue weighted by Gasteiger charge is 2.23. The third-order valence-electron chi connectivity index (χ3n) is 3.38. The van der Waals surface area contributed by atoms with Crippen LogP contribution in [0.4, 0.5) is 5.69 Å². The van der Waals surface area contributed by atoms with E-state index in [1.54, 1.807) is 23.1 Å². The van der Waals surface area contributed by atoms with E-state index in [1.807, 2.05) is 6.92 Å². The molecule has 0 spiro atoms. The predicted molar refractivity (Wildman–Crippen MR) is 76.4 cm³/mol. The predicted octanol–water partition coefficient (Wildman–Crippen LogP) is 2.56. The fraction of sp³-hybridized carbons (Fsp3) is 0.500. The molecule has 1 aromatic rings. The highest BCUT2D eigenvalue weighted by Crippen LogP contribution is 2.25. The van der Waals surface area contributed by atoms with Crippen molar-refractivity contribution in [1.82, 2.24) is 4.90 Å². The molecule has 0 aliphatic carbocycles. The minimum Gasteiger partial charge on any atom is -0.398 e. The average molecular weight is 283 g/mol. The topological polar surface area (TPSA) is 55.6 Å². The Balaban J connectivity index is 2.13. The van der Waals surface area contributed by atoms with Gasteiger partial charge in [-0.15, -0.1) is 0 Å². The van der Waals surface area contributed by atoms with Gasteiger partial charge >= 0.3 is 0 Å². The zero-order chi connectivity index (χ0) is 13.8. The number of carbonyl (C=O) groups excluding carboxylic acids is 1. The second kappa shape index (κ2) is 6.26. The van der Waals surface area contributed by atoms with Crippen LogP contribution in [-0.4, -0.2) is 36.6 Å². The van der Waals surface area contributed by atoms with Gasteiger partial charge in [-0.3, -0.25) is 4.79 Å². The van der Waals surface area contributed by atoms with Crippen molar-refractivity contribution in [2.45, 2.75) is 25.9 Å².